The number of anilines is 4. The quantitative estimate of drug-likeness (QED) is 0.409. The molecule has 2 aliphatic heterocycles. The molecule has 11 nitrogen and oxygen atoms in total. The highest BCUT2D eigenvalue weighted by Gasteiger charge is 2.42. The van der Waals surface area contributed by atoms with E-state index in [1.165, 1.54) is 45.6 Å². The Balaban J connectivity index is 1.07. The highest BCUT2D eigenvalue weighted by Crippen LogP contribution is 2.40. The van der Waals surface area contributed by atoms with E-state index in [2.05, 4.69) is 51.1 Å². The van der Waals surface area contributed by atoms with Gasteiger partial charge in [-0.05, 0) is 89.8 Å². The number of carbonyl (C=O) groups is 2. The van der Waals surface area contributed by atoms with E-state index in [9.17, 15) is 9.59 Å². The van der Waals surface area contributed by atoms with Crippen LogP contribution in [-0.4, -0.2) is 102 Å². The van der Waals surface area contributed by atoms with Crippen LogP contribution >= 0.6 is 0 Å². The van der Waals surface area contributed by atoms with Gasteiger partial charge in [-0.25, -0.2) is 4.98 Å². The van der Waals surface area contributed by atoms with Crippen molar-refractivity contribution >= 4 is 35.0 Å². The Hall–Kier alpha value is -3.44. The standard InChI is InChI=1S/C35H52N8O3/c1-7-28-33(45)40(5)29-21-36-34(39-31(29)43(28)35(2,3)4)38-27-15-10-24(20-30(27)46-6)32(44)37-25-11-13-26(14-12-25)42-18-16-41(17-19-42)22-23-8-9-23/h10,15,20-21,23,25-26,28H,7-9,11-14,16-19,22H2,1-6H3,(H,37,44)(H,36,38,39)/t25?,26?,28-/m1/s1. The summed E-state index contributed by atoms with van der Waals surface area (Å²) in [5.41, 5.74) is 1.57. The summed E-state index contributed by atoms with van der Waals surface area (Å²) < 4.78 is 5.69. The Kier molecular flexibility index (Phi) is 9.43. The zero-order chi connectivity index (χ0) is 32.6. The van der Waals surface area contributed by atoms with Crippen LogP contribution in [0.4, 0.5) is 23.1 Å². The van der Waals surface area contributed by atoms with Crippen LogP contribution in [0.15, 0.2) is 24.4 Å². The molecule has 11 heteroatoms. The fourth-order valence-corrected chi connectivity index (χ4v) is 7.47. The number of nitrogens with one attached hydrogen (secondary N) is 2. The van der Waals surface area contributed by atoms with Gasteiger partial charge in [-0.1, -0.05) is 6.92 Å². The van der Waals surface area contributed by atoms with Gasteiger partial charge in [0.05, 0.1) is 19.0 Å². The molecule has 3 heterocycles. The third-order valence-corrected chi connectivity index (χ3v) is 10.3. The first-order valence-electron chi connectivity index (χ1n) is 17.2. The Morgan fingerprint density at radius 2 is 1.76 bits per heavy atom. The van der Waals surface area contributed by atoms with Crippen LogP contribution in [0.1, 0.15) is 83.0 Å². The van der Waals surface area contributed by atoms with E-state index in [1.54, 1.807) is 31.3 Å². The van der Waals surface area contributed by atoms with Crippen molar-refractivity contribution in [2.45, 2.75) is 96.3 Å². The lowest BCUT2D eigenvalue weighted by atomic mass is 9.89. The second kappa shape index (κ2) is 13.4. The number of carbonyl (C=O) groups excluding carboxylic acids is 2. The first kappa shape index (κ1) is 32.5. The van der Waals surface area contributed by atoms with Crippen molar-refractivity contribution in [3.8, 4) is 5.75 Å². The predicted octanol–water partition coefficient (Wildman–Crippen LogP) is 4.66. The van der Waals surface area contributed by atoms with Gasteiger partial charge in [0.1, 0.15) is 17.5 Å². The van der Waals surface area contributed by atoms with E-state index in [0.717, 1.165) is 31.6 Å². The van der Waals surface area contributed by atoms with E-state index in [0.29, 0.717) is 46.9 Å². The van der Waals surface area contributed by atoms with E-state index < -0.39 is 0 Å². The van der Waals surface area contributed by atoms with Crippen molar-refractivity contribution in [3.05, 3.63) is 30.0 Å². The molecule has 1 aromatic carbocycles. The lowest BCUT2D eigenvalue weighted by Gasteiger charge is -2.47. The average Bonchev–Trinajstić information content (AvgIpc) is 3.87. The molecule has 250 valence electrons. The SMILES string of the molecule is CC[C@@H]1C(=O)N(C)c2cnc(Nc3ccc(C(=O)NC4CCC(N5CCN(CC6CC6)CC5)CC4)cc3OC)nc2N1C(C)(C)C. The third-order valence-electron chi connectivity index (χ3n) is 10.3. The van der Waals surface area contributed by atoms with Crippen LogP contribution in [0.5, 0.6) is 5.75 Å². The summed E-state index contributed by atoms with van der Waals surface area (Å²) in [6, 6.07) is 5.93. The number of benzene rings is 1. The topological polar surface area (TPSA) is 106 Å². The molecule has 2 aromatic rings. The number of rotatable bonds is 9. The summed E-state index contributed by atoms with van der Waals surface area (Å²) in [7, 11) is 3.37. The molecule has 0 spiro atoms. The molecule has 1 aromatic heterocycles. The Labute approximate surface area is 274 Å². The number of ether oxygens (including phenoxy) is 1. The lowest BCUT2D eigenvalue weighted by molar-refractivity contribution is -0.120. The summed E-state index contributed by atoms with van der Waals surface area (Å²) >= 11 is 0. The Morgan fingerprint density at radius 3 is 2.39 bits per heavy atom. The molecule has 1 saturated heterocycles. The third kappa shape index (κ3) is 6.95. The first-order chi connectivity index (χ1) is 22.0. The molecule has 0 unspecified atom stereocenters. The number of piperazine rings is 1. The molecule has 0 bridgehead atoms. The molecule has 3 fully saturated rings. The van der Waals surface area contributed by atoms with E-state index in [4.69, 9.17) is 9.72 Å². The van der Waals surface area contributed by atoms with Gasteiger partial charge in [-0.2, -0.15) is 4.98 Å². The van der Waals surface area contributed by atoms with Crippen molar-refractivity contribution < 1.29 is 14.3 Å². The number of nitrogens with zero attached hydrogens (tertiary/aromatic N) is 6. The molecule has 1 atom stereocenters. The van der Waals surface area contributed by atoms with Crippen LogP contribution in [-0.2, 0) is 4.79 Å². The lowest BCUT2D eigenvalue weighted by Crippen LogP contribution is -2.59. The number of amides is 2. The highest BCUT2D eigenvalue weighted by atomic mass is 16.5. The van der Waals surface area contributed by atoms with Crippen molar-refractivity contribution in [2.24, 2.45) is 5.92 Å². The second-order valence-corrected chi connectivity index (χ2v) is 14.6. The maximum atomic E-state index is 13.3. The minimum atomic E-state index is -0.325. The normalized spacial score (nSPS) is 24.5. The minimum absolute atomic E-state index is 0.0373. The molecule has 2 aliphatic carbocycles. The molecular formula is C35H52N8O3. The highest BCUT2D eigenvalue weighted by molar-refractivity contribution is 6.04. The van der Waals surface area contributed by atoms with Gasteiger partial charge >= 0.3 is 0 Å². The summed E-state index contributed by atoms with van der Waals surface area (Å²) in [5.74, 6) is 2.55. The summed E-state index contributed by atoms with van der Waals surface area (Å²) in [4.78, 5) is 44.9. The summed E-state index contributed by atoms with van der Waals surface area (Å²) in [5, 5.41) is 6.57. The maximum Gasteiger partial charge on any atom is 0.251 e. The molecule has 46 heavy (non-hydrogen) atoms. The van der Waals surface area contributed by atoms with E-state index >= 15 is 0 Å². The Morgan fingerprint density at radius 1 is 1.04 bits per heavy atom. The van der Waals surface area contributed by atoms with Gasteiger partial charge in [0.2, 0.25) is 11.9 Å². The van der Waals surface area contributed by atoms with Crippen LogP contribution in [0.3, 0.4) is 0 Å². The predicted molar refractivity (Wildman–Crippen MR) is 182 cm³/mol. The fraction of sp³-hybridized carbons (Fsp3) is 0.657. The van der Waals surface area contributed by atoms with Gasteiger partial charge in [-0.3, -0.25) is 14.5 Å². The first-order valence-corrected chi connectivity index (χ1v) is 17.2. The van der Waals surface area contributed by atoms with Crippen molar-refractivity contribution in [2.75, 3.05) is 62.0 Å². The number of aromatic nitrogens is 2. The Bertz CT molecular complexity index is 1410. The molecule has 2 saturated carbocycles. The van der Waals surface area contributed by atoms with Gasteiger partial charge in [0.15, 0.2) is 5.82 Å². The molecule has 0 radical (unpaired) electrons. The van der Waals surface area contributed by atoms with Gasteiger partial charge < -0.3 is 30.1 Å². The van der Waals surface area contributed by atoms with Crippen LogP contribution in [0, 0.1) is 5.92 Å². The molecule has 2 amide bonds. The monoisotopic (exact) mass is 632 g/mol. The minimum Gasteiger partial charge on any atom is -0.495 e. The zero-order valence-corrected chi connectivity index (χ0v) is 28.5. The van der Waals surface area contributed by atoms with Crippen molar-refractivity contribution in [1.29, 1.82) is 0 Å². The number of methoxy groups -OCH3 is 1. The van der Waals surface area contributed by atoms with Crippen LogP contribution < -0.4 is 25.2 Å². The zero-order valence-electron chi connectivity index (χ0n) is 28.5. The van der Waals surface area contributed by atoms with Crippen LogP contribution in [0.25, 0.3) is 0 Å². The summed E-state index contributed by atoms with van der Waals surface area (Å²) in [6.45, 7) is 14.3. The second-order valence-electron chi connectivity index (χ2n) is 14.6. The summed E-state index contributed by atoms with van der Waals surface area (Å²) in [6.07, 6.45) is 9.49. The maximum absolute atomic E-state index is 13.3. The van der Waals surface area contributed by atoms with Gasteiger partial charge in [0, 0.05) is 63.0 Å². The molecule has 4 aliphatic rings. The van der Waals surface area contributed by atoms with Gasteiger partial charge in [0.25, 0.3) is 5.91 Å². The largest absolute Gasteiger partial charge is 0.495 e. The number of likely N-dealkylation sites (N-methyl/N-ethyl adjacent to an activating group) is 1. The van der Waals surface area contributed by atoms with Crippen molar-refractivity contribution in [1.82, 2.24) is 25.1 Å². The van der Waals surface area contributed by atoms with Crippen molar-refractivity contribution in [3.63, 3.8) is 0 Å². The van der Waals surface area contributed by atoms with Crippen LogP contribution in [0.2, 0.25) is 0 Å². The molecular weight excluding hydrogens is 580 g/mol. The molecule has 2 N–H and O–H groups in total. The molecule has 6 rings (SSSR count). The average molecular weight is 633 g/mol. The number of hydrogen-bond donors (Lipinski definition) is 2. The number of fused-ring (bicyclic) bond motifs is 1. The van der Waals surface area contributed by atoms with E-state index in [-0.39, 0.29) is 29.4 Å². The smallest absolute Gasteiger partial charge is 0.251 e. The fourth-order valence-electron chi connectivity index (χ4n) is 7.47. The number of hydrogen-bond acceptors (Lipinski definition) is 9. The van der Waals surface area contributed by atoms with Gasteiger partial charge in [-0.15, -0.1) is 0 Å². The van der Waals surface area contributed by atoms with E-state index in [1.807, 2.05) is 19.1 Å².